The van der Waals surface area contributed by atoms with Gasteiger partial charge in [0, 0.05) is 32.7 Å². The third kappa shape index (κ3) is 3.75. The first-order valence-corrected chi connectivity index (χ1v) is 3.46. The number of hydrogen-bond donors (Lipinski definition) is 1. The predicted octanol–water partition coefficient (Wildman–Crippen LogP) is 1.33. The summed E-state index contributed by atoms with van der Waals surface area (Å²) in [7, 11) is 0. The molecule has 1 aliphatic heterocycles. The summed E-state index contributed by atoms with van der Waals surface area (Å²) in [5.41, 5.74) is 0. The molecule has 0 saturated carbocycles. The summed E-state index contributed by atoms with van der Waals surface area (Å²) in [6.45, 7) is 4.81. The normalized spacial score (nSPS) is 23.1. The minimum atomic E-state index is 0. The van der Waals surface area contributed by atoms with E-state index >= 15 is 0 Å². The van der Waals surface area contributed by atoms with Crippen LogP contribution in [-0.4, -0.2) is 12.6 Å². The molecule has 0 fully saturated rings. The van der Waals surface area contributed by atoms with Gasteiger partial charge in [0.1, 0.15) is 0 Å². The van der Waals surface area contributed by atoms with Crippen LogP contribution in [0.15, 0.2) is 12.2 Å². The van der Waals surface area contributed by atoms with Crippen LogP contribution in [0.4, 0.5) is 0 Å². The monoisotopic (exact) mass is 212 g/mol. The van der Waals surface area contributed by atoms with Gasteiger partial charge in [-0.2, -0.15) is 6.42 Å². The van der Waals surface area contributed by atoms with Gasteiger partial charge in [0.05, 0.1) is 0 Å². The molecule has 0 aromatic heterocycles. The maximum atomic E-state index is 3.80. The SMILES string of the molecule is [CH2-]CCC1[CH-]C=CCN1.[Y]. The molecule has 0 spiro atoms. The van der Waals surface area contributed by atoms with E-state index in [1.54, 1.807) is 0 Å². The summed E-state index contributed by atoms with van der Waals surface area (Å²) in [5.74, 6) is 0. The van der Waals surface area contributed by atoms with Crippen LogP contribution in [0.5, 0.6) is 0 Å². The molecular weight excluding hydrogens is 199 g/mol. The van der Waals surface area contributed by atoms with E-state index in [1.165, 1.54) is 0 Å². The average molecular weight is 212 g/mol. The van der Waals surface area contributed by atoms with Gasteiger partial charge >= 0.3 is 0 Å². The molecule has 0 amide bonds. The van der Waals surface area contributed by atoms with Crippen molar-refractivity contribution >= 4 is 0 Å². The van der Waals surface area contributed by atoms with Crippen molar-refractivity contribution in [1.29, 1.82) is 0 Å². The fraction of sp³-hybridized carbons (Fsp3) is 0.500. The van der Waals surface area contributed by atoms with Crippen LogP contribution in [-0.2, 0) is 32.7 Å². The van der Waals surface area contributed by atoms with E-state index < -0.39 is 0 Å². The van der Waals surface area contributed by atoms with E-state index in [9.17, 15) is 0 Å². The molecule has 1 aliphatic rings. The van der Waals surface area contributed by atoms with Gasteiger partial charge in [0.25, 0.3) is 0 Å². The summed E-state index contributed by atoms with van der Waals surface area (Å²) < 4.78 is 0. The second-order valence-corrected chi connectivity index (χ2v) is 2.28. The van der Waals surface area contributed by atoms with Gasteiger partial charge in [-0.25, -0.2) is 18.6 Å². The molecule has 1 heterocycles. The molecule has 0 aliphatic carbocycles. The van der Waals surface area contributed by atoms with Crippen molar-refractivity contribution in [3.05, 3.63) is 25.5 Å². The van der Waals surface area contributed by atoms with Gasteiger partial charge in [0.15, 0.2) is 0 Å². The Morgan fingerprint density at radius 1 is 1.70 bits per heavy atom. The molecule has 1 radical (unpaired) electrons. The molecule has 10 heavy (non-hydrogen) atoms. The molecule has 55 valence electrons. The van der Waals surface area contributed by atoms with Crippen molar-refractivity contribution < 1.29 is 32.7 Å². The Labute approximate surface area is 88.5 Å². The summed E-state index contributed by atoms with van der Waals surface area (Å²) in [6.07, 6.45) is 8.61. The molecule has 1 atom stereocenters. The van der Waals surface area contributed by atoms with Crippen LogP contribution < -0.4 is 5.32 Å². The van der Waals surface area contributed by atoms with Gasteiger partial charge in [-0.1, -0.05) is 13.0 Å². The number of hydrogen-bond acceptors (Lipinski definition) is 1. The van der Waals surface area contributed by atoms with Crippen LogP contribution >= 0.6 is 0 Å². The zero-order valence-corrected chi connectivity index (χ0v) is 9.05. The molecular formula is C8H13NY-2. The van der Waals surface area contributed by atoms with Gasteiger partial charge in [-0.15, -0.1) is 0 Å². The summed E-state index contributed by atoms with van der Waals surface area (Å²) in [4.78, 5) is 0. The molecule has 0 saturated heterocycles. The van der Waals surface area contributed by atoms with Crippen LogP contribution in [0.25, 0.3) is 0 Å². The molecule has 0 bridgehead atoms. The Morgan fingerprint density at radius 3 is 3.00 bits per heavy atom. The van der Waals surface area contributed by atoms with E-state index in [1.807, 2.05) is 0 Å². The standard InChI is InChI=1S/C8H13N.Y/c1-2-5-8-6-3-4-7-9-8;/h3-4,6,8-9H,1-2,5,7H2;/q-2;. The fourth-order valence-corrected chi connectivity index (χ4v) is 0.986. The first-order chi connectivity index (χ1) is 4.43. The zero-order chi connectivity index (χ0) is 6.53. The van der Waals surface area contributed by atoms with E-state index in [0.29, 0.717) is 6.04 Å². The van der Waals surface area contributed by atoms with Crippen LogP contribution in [0.1, 0.15) is 12.8 Å². The quantitative estimate of drug-likeness (QED) is 0.681. The first kappa shape index (κ1) is 10.7. The second kappa shape index (κ2) is 6.39. The molecule has 1 unspecified atom stereocenters. The van der Waals surface area contributed by atoms with Crippen molar-refractivity contribution in [2.75, 3.05) is 6.54 Å². The minimum absolute atomic E-state index is 0. The molecule has 1 nitrogen and oxygen atoms in total. The van der Waals surface area contributed by atoms with Crippen molar-refractivity contribution in [2.24, 2.45) is 0 Å². The zero-order valence-electron chi connectivity index (χ0n) is 6.22. The van der Waals surface area contributed by atoms with Crippen molar-refractivity contribution in [1.82, 2.24) is 5.32 Å². The fourth-order valence-electron chi connectivity index (χ4n) is 0.986. The van der Waals surface area contributed by atoms with Crippen LogP contribution in [0.3, 0.4) is 0 Å². The van der Waals surface area contributed by atoms with E-state index in [-0.39, 0.29) is 32.7 Å². The van der Waals surface area contributed by atoms with Crippen LogP contribution in [0, 0.1) is 13.3 Å². The molecule has 0 aromatic rings. The van der Waals surface area contributed by atoms with E-state index in [2.05, 4.69) is 30.8 Å². The van der Waals surface area contributed by atoms with Gasteiger partial charge in [-0.3, -0.25) is 0 Å². The smallest absolute Gasteiger partial charge is 0 e. The third-order valence-electron chi connectivity index (χ3n) is 1.49. The van der Waals surface area contributed by atoms with Gasteiger partial charge in [0.2, 0.25) is 0 Å². The predicted molar refractivity (Wildman–Crippen MR) is 39.8 cm³/mol. The number of rotatable bonds is 2. The summed E-state index contributed by atoms with van der Waals surface area (Å²) in [6, 6.07) is 0.576. The Balaban J connectivity index is 0.000000810. The Bertz CT molecular complexity index is 101. The molecule has 1 rings (SSSR count). The van der Waals surface area contributed by atoms with Crippen LogP contribution in [0.2, 0.25) is 0 Å². The topological polar surface area (TPSA) is 12.0 Å². The maximum Gasteiger partial charge on any atom is 0 e. The average Bonchev–Trinajstić information content (AvgIpc) is 1.91. The van der Waals surface area contributed by atoms with E-state index in [4.69, 9.17) is 0 Å². The van der Waals surface area contributed by atoms with E-state index in [0.717, 1.165) is 19.4 Å². The molecule has 0 aromatic carbocycles. The maximum absolute atomic E-state index is 3.80. The number of nitrogens with one attached hydrogen (secondary N) is 1. The molecule has 2 heteroatoms. The Kier molecular flexibility index (Phi) is 6.82. The Hall–Kier alpha value is 0.674. The van der Waals surface area contributed by atoms with Gasteiger partial charge < -0.3 is 12.2 Å². The Morgan fingerprint density at radius 2 is 2.50 bits per heavy atom. The third-order valence-corrected chi connectivity index (χ3v) is 1.49. The van der Waals surface area contributed by atoms with Crippen molar-refractivity contribution in [2.45, 2.75) is 18.9 Å². The van der Waals surface area contributed by atoms with Crippen molar-refractivity contribution in [3.8, 4) is 0 Å². The van der Waals surface area contributed by atoms with Crippen molar-refractivity contribution in [3.63, 3.8) is 0 Å². The van der Waals surface area contributed by atoms with Gasteiger partial charge in [-0.05, 0) is 6.04 Å². The minimum Gasteiger partial charge on any atom is -0.343 e. The summed E-state index contributed by atoms with van der Waals surface area (Å²) in [5, 5.41) is 3.34. The first-order valence-electron chi connectivity index (χ1n) is 3.46. The largest absolute Gasteiger partial charge is 0.343 e. The second-order valence-electron chi connectivity index (χ2n) is 2.28. The summed E-state index contributed by atoms with van der Waals surface area (Å²) >= 11 is 0. The molecule has 1 N–H and O–H groups in total.